The molecule has 3 N–H and O–H groups in total. The lowest BCUT2D eigenvalue weighted by molar-refractivity contribution is -0.117. The molecule has 1 atom stereocenters. The lowest BCUT2D eigenvalue weighted by Gasteiger charge is -2.17. The molecule has 0 radical (unpaired) electrons. The molecule has 2 aromatic rings. The third kappa shape index (κ3) is 4.59. The minimum absolute atomic E-state index is 0.0553. The van der Waals surface area contributed by atoms with Crippen LogP contribution in [0.2, 0.25) is 0 Å². The van der Waals surface area contributed by atoms with Gasteiger partial charge >= 0.3 is 0 Å². The number of anilines is 2. The fourth-order valence-electron chi connectivity index (χ4n) is 2.41. The van der Waals surface area contributed by atoms with Crippen LogP contribution in [0.1, 0.15) is 42.3 Å². The highest BCUT2D eigenvalue weighted by molar-refractivity contribution is 5.96. The Balaban J connectivity index is 1.58. The molecule has 0 aliphatic heterocycles. The van der Waals surface area contributed by atoms with Crippen molar-refractivity contribution in [2.24, 2.45) is 0 Å². The number of benzene rings is 1. The summed E-state index contributed by atoms with van der Waals surface area (Å²) < 4.78 is 4.94. The summed E-state index contributed by atoms with van der Waals surface area (Å²) >= 11 is 0. The van der Waals surface area contributed by atoms with Crippen molar-refractivity contribution in [2.45, 2.75) is 45.2 Å². The van der Waals surface area contributed by atoms with Crippen LogP contribution in [0.4, 0.5) is 11.5 Å². The van der Waals surface area contributed by atoms with E-state index in [0.29, 0.717) is 29.6 Å². The maximum Gasteiger partial charge on any atom is 0.251 e. The van der Waals surface area contributed by atoms with Gasteiger partial charge in [0.15, 0.2) is 5.82 Å². The zero-order valence-corrected chi connectivity index (χ0v) is 14.3. The zero-order valence-electron chi connectivity index (χ0n) is 14.3. The Labute approximate surface area is 146 Å². The largest absolute Gasteiger partial charge is 0.374 e. The maximum absolute atomic E-state index is 12.3. The molecule has 1 aromatic carbocycles. The molecule has 1 aliphatic rings. The van der Waals surface area contributed by atoms with Crippen LogP contribution in [-0.2, 0) is 4.79 Å². The second-order valence-corrected chi connectivity index (χ2v) is 6.24. The number of aryl methyl sites for hydroxylation is 1. The highest BCUT2D eigenvalue weighted by atomic mass is 16.5. The van der Waals surface area contributed by atoms with Crippen molar-refractivity contribution in [3.8, 4) is 0 Å². The molecule has 25 heavy (non-hydrogen) atoms. The van der Waals surface area contributed by atoms with Crippen LogP contribution >= 0.6 is 0 Å². The molecule has 7 nitrogen and oxygen atoms in total. The van der Waals surface area contributed by atoms with Gasteiger partial charge in [0.2, 0.25) is 5.91 Å². The van der Waals surface area contributed by atoms with E-state index in [1.807, 2.05) is 6.92 Å². The van der Waals surface area contributed by atoms with E-state index in [2.05, 4.69) is 21.1 Å². The smallest absolute Gasteiger partial charge is 0.251 e. The number of nitrogens with zero attached hydrogens (tertiary/aromatic N) is 1. The quantitative estimate of drug-likeness (QED) is 0.719. The molecule has 1 aliphatic carbocycles. The van der Waals surface area contributed by atoms with E-state index in [0.717, 1.165) is 18.5 Å². The summed E-state index contributed by atoms with van der Waals surface area (Å²) in [6.45, 7) is 3.68. The third-order valence-corrected chi connectivity index (χ3v) is 4.00. The van der Waals surface area contributed by atoms with Gasteiger partial charge in [-0.1, -0.05) is 12.1 Å². The van der Waals surface area contributed by atoms with Gasteiger partial charge in [0.1, 0.15) is 11.8 Å². The van der Waals surface area contributed by atoms with Gasteiger partial charge in [-0.2, -0.15) is 0 Å². The Morgan fingerprint density at radius 2 is 2.00 bits per heavy atom. The first-order chi connectivity index (χ1) is 12.0. The van der Waals surface area contributed by atoms with Crippen LogP contribution in [0.15, 0.2) is 34.9 Å². The molecule has 1 aromatic heterocycles. The summed E-state index contributed by atoms with van der Waals surface area (Å²) in [7, 11) is 0. The molecule has 1 heterocycles. The van der Waals surface area contributed by atoms with Gasteiger partial charge in [-0.3, -0.25) is 9.59 Å². The van der Waals surface area contributed by atoms with E-state index >= 15 is 0 Å². The van der Waals surface area contributed by atoms with Crippen LogP contribution in [0.3, 0.4) is 0 Å². The van der Waals surface area contributed by atoms with Crippen LogP contribution < -0.4 is 16.0 Å². The van der Waals surface area contributed by atoms with Gasteiger partial charge in [0.05, 0.1) is 0 Å². The molecular formula is C18H22N4O3. The van der Waals surface area contributed by atoms with Crippen LogP contribution in [0, 0.1) is 6.92 Å². The lowest BCUT2D eigenvalue weighted by Crippen LogP contribution is -2.34. The fourth-order valence-corrected chi connectivity index (χ4v) is 2.41. The normalized spacial score (nSPS) is 14.6. The van der Waals surface area contributed by atoms with Crippen LogP contribution in [-0.4, -0.2) is 29.1 Å². The van der Waals surface area contributed by atoms with Gasteiger partial charge < -0.3 is 20.5 Å². The van der Waals surface area contributed by atoms with Gasteiger partial charge in [0, 0.05) is 23.4 Å². The minimum Gasteiger partial charge on any atom is -0.374 e. The van der Waals surface area contributed by atoms with E-state index < -0.39 is 6.04 Å². The van der Waals surface area contributed by atoms with Crippen LogP contribution in [0.5, 0.6) is 0 Å². The van der Waals surface area contributed by atoms with Crippen molar-refractivity contribution in [3.05, 3.63) is 41.7 Å². The summed E-state index contributed by atoms with van der Waals surface area (Å²) in [5.41, 5.74) is 1.40. The fraction of sp³-hybridized carbons (Fsp3) is 0.389. The average molecular weight is 342 g/mol. The van der Waals surface area contributed by atoms with Gasteiger partial charge in [-0.05, 0) is 50.5 Å². The van der Waals surface area contributed by atoms with E-state index in [1.165, 1.54) is 0 Å². The van der Waals surface area contributed by atoms with E-state index in [-0.39, 0.29) is 11.8 Å². The monoisotopic (exact) mass is 342 g/mol. The minimum atomic E-state index is -0.414. The lowest BCUT2D eigenvalue weighted by atomic mass is 10.1. The van der Waals surface area contributed by atoms with Crippen molar-refractivity contribution in [1.82, 2.24) is 10.5 Å². The number of aromatic nitrogens is 1. The Bertz CT molecular complexity index is 750. The molecule has 7 heteroatoms. The number of hydrogen-bond acceptors (Lipinski definition) is 5. The molecular weight excluding hydrogens is 320 g/mol. The van der Waals surface area contributed by atoms with Crippen molar-refractivity contribution in [2.75, 3.05) is 10.6 Å². The molecule has 132 valence electrons. The van der Waals surface area contributed by atoms with Crippen molar-refractivity contribution < 1.29 is 14.1 Å². The number of amides is 2. The average Bonchev–Trinajstić information content (AvgIpc) is 3.33. The van der Waals surface area contributed by atoms with Crippen molar-refractivity contribution in [1.29, 1.82) is 0 Å². The van der Waals surface area contributed by atoms with E-state index in [1.54, 1.807) is 37.3 Å². The standard InChI is InChI=1S/C18H22N4O3/c1-3-15(18(24)21-16-10-11(2)25-22-16)19-13-6-4-12(5-7-13)17(23)20-14-8-9-14/h4-7,10,14-15,19H,3,8-9H2,1-2H3,(H,20,23)(H,21,22,24)/t15-/m1/s1. The Kier molecular flexibility index (Phi) is 5.02. The van der Waals surface area contributed by atoms with Gasteiger partial charge in [-0.25, -0.2) is 0 Å². The Morgan fingerprint density at radius 3 is 2.56 bits per heavy atom. The second kappa shape index (κ2) is 7.38. The number of carbonyl (C=O) groups excluding carboxylic acids is 2. The van der Waals surface area contributed by atoms with Gasteiger partial charge in [0.25, 0.3) is 5.91 Å². The van der Waals surface area contributed by atoms with Crippen molar-refractivity contribution >= 4 is 23.3 Å². The summed E-state index contributed by atoms with van der Waals surface area (Å²) in [5.74, 6) is 0.790. The van der Waals surface area contributed by atoms with E-state index in [4.69, 9.17) is 4.52 Å². The first-order valence-electron chi connectivity index (χ1n) is 8.47. The summed E-state index contributed by atoms with van der Waals surface area (Å²) in [6, 6.07) is 8.70. The van der Waals surface area contributed by atoms with Crippen molar-refractivity contribution in [3.63, 3.8) is 0 Å². The highest BCUT2D eigenvalue weighted by Gasteiger charge is 2.23. The number of rotatable bonds is 7. The summed E-state index contributed by atoms with van der Waals surface area (Å²) in [5, 5.41) is 12.6. The van der Waals surface area contributed by atoms with Crippen LogP contribution in [0.25, 0.3) is 0 Å². The molecule has 0 unspecified atom stereocenters. The molecule has 0 bridgehead atoms. The summed E-state index contributed by atoms with van der Waals surface area (Å²) in [4.78, 5) is 24.3. The SMILES string of the molecule is CC[C@@H](Nc1ccc(C(=O)NC2CC2)cc1)C(=O)Nc1cc(C)on1. The predicted octanol–water partition coefficient (Wildman–Crippen LogP) is 2.70. The zero-order chi connectivity index (χ0) is 17.8. The number of nitrogens with one attached hydrogen (secondary N) is 3. The second-order valence-electron chi connectivity index (χ2n) is 6.24. The number of hydrogen-bond donors (Lipinski definition) is 3. The molecule has 3 rings (SSSR count). The molecule has 1 fully saturated rings. The first-order valence-corrected chi connectivity index (χ1v) is 8.47. The third-order valence-electron chi connectivity index (χ3n) is 4.00. The summed E-state index contributed by atoms with van der Waals surface area (Å²) in [6.07, 6.45) is 2.72. The Hall–Kier alpha value is -2.83. The molecule has 1 saturated carbocycles. The Morgan fingerprint density at radius 1 is 1.28 bits per heavy atom. The van der Waals surface area contributed by atoms with Gasteiger partial charge in [-0.15, -0.1) is 0 Å². The molecule has 0 spiro atoms. The van der Waals surface area contributed by atoms with E-state index in [9.17, 15) is 9.59 Å². The molecule has 0 saturated heterocycles. The maximum atomic E-state index is 12.3. The highest BCUT2D eigenvalue weighted by Crippen LogP contribution is 2.20. The molecule has 2 amide bonds. The topological polar surface area (TPSA) is 96.3 Å². The number of carbonyl (C=O) groups is 2. The first kappa shape index (κ1) is 17.0. The predicted molar refractivity (Wildman–Crippen MR) is 94.5 cm³/mol.